The number of aromatic nitrogens is 3. The van der Waals surface area contributed by atoms with Crippen LogP contribution in [-0.4, -0.2) is 15.0 Å². The van der Waals surface area contributed by atoms with Gasteiger partial charge in [0.2, 0.25) is 10.7 Å². The lowest BCUT2D eigenvalue weighted by molar-refractivity contribution is 0.600. The number of hydrogen-bond donors (Lipinski definition) is 2. The molecule has 0 aromatic carbocycles. The van der Waals surface area contributed by atoms with Gasteiger partial charge in [0.05, 0.1) is 0 Å². The molecule has 0 saturated heterocycles. The van der Waals surface area contributed by atoms with Gasteiger partial charge in [-0.05, 0) is 18.6 Å². The molecule has 0 radical (unpaired) electrons. The molecule has 0 saturated carbocycles. The standard InChI is InChI=1S/C11H20N4S/c1-2-3-4-5-6-7-8-9-13-10(12)15-11(16)14-9/h2-8H2,1H3,(H3,12,13,14,15,16). The third kappa shape index (κ3) is 5.21. The minimum atomic E-state index is 0.331. The van der Waals surface area contributed by atoms with Crippen LogP contribution in [0.3, 0.4) is 0 Å². The highest BCUT2D eigenvalue weighted by Gasteiger charge is 1.98. The molecule has 0 amide bonds. The van der Waals surface area contributed by atoms with Gasteiger partial charge >= 0.3 is 0 Å². The molecule has 0 spiro atoms. The van der Waals surface area contributed by atoms with Crippen molar-refractivity contribution in [3.8, 4) is 0 Å². The van der Waals surface area contributed by atoms with E-state index in [4.69, 9.17) is 18.0 Å². The number of hydrogen-bond acceptors (Lipinski definition) is 4. The van der Waals surface area contributed by atoms with Crippen molar-refractivity contribution in [2.24, 2.45) is 0 Å². The van der Waals surface area contributed by atoms with E-state index in [-0.39, 0.29) is 0 Å². The molecule has 5 heteroatoms. The van der Waals surface area contributed by atoms with E-state index in [0.717, 1.165) is 18.7 Å². The summed E-state index contributed by atoms with van der Waals surface area (Å²) in [5.74, 6) is 1.22. The van der Waals surface area contributed by atoms with Gasteiger partial charge in [-0.15, -0.1) is 0 Å². The van der Waals surface area contributed by atoms with E-state index in [0.29, 0.717) is 10.7 Å². The Hall–Kier alpha value is -0.970. The summed E-state index contributed by atoms with van der Waals surface area (Å²) in [4.78, 5) is 10.9. The second-order valence-electron chi connectivity index (χ2n) is 3.98. The van der Waals surface area contributed by atoms with Crippen molar-refractivity contribution in [3.63, 3.8) is 0 Å². The SMILES string of the molecule is CCCCCCCCc1nc(=S)nc(N)[nH]1. The summed E-state index contributed by atoms with van der Waals surface area (Å²) in [7, 11) is 0. The number of rotatable bonds is 7. The minimum absolute atomic E-state index is 0.331. The van der Waals surface area contributed by atoms with Gasteiger partial charge < -0.3 is 10.7 Å². The van der Waals surface area contributed by atoms with Gasteiger partial charge in [0.25, 0.3) is 0 Å². The molecule has 0 aliphatic heterocycles. The van der Waals surface area contributed by atoms with Crippen LogP contribution in [0, 0.1) is 4.77 Å². The van der Waals surface area contributed by atoms with Crippen LogP contribution in [0.1, 0.15) is 51.3 Å². The molecule has 0 aliphatic carbocycles. The molecular formula is C11H20N4S. The first-order valence-electron chi connectivity index (χ1n) is 5.95. The lowest BCUT2D eigenvalue weighted by Gasteiger charge is -2.02. The van der Waals surface area contributed by atoms with Gasteiger partial charge in [-0.2, -0.15) is 4.98 Å². The number of unbranched alkanes of at least 4 members (excludes halogenated alkanes) is 5. The predicted octanol–water partition coefficient (Wildman–Crippen LogP) is 3.02. The summed E-state index contributed by atoms with van der Waals surface area (Å²) in [5.41, 5.74) is 5.56. The molecule has 0 unspecified atom stereocenters. The monoisotopic (exact) mass is 240 g/mol. The Morgan fingerprint density at radius 1 is 1.12 bits per heavy atom. The Balaban J connectivity index is 2.24. The van der Waals surface area contributed by atoms with Crippen molar-refractivity contribution < 1.29 is 0 Å². The molecule has 0 fully saturated rings. The van der Waals surface area contributed by atoms with Crippen LogP contribution in [0.2, 0.25) is 0 Å². The van der Waals surface area contributed by atoms with Crippen molar-refractivity contribution in [1.29, 1.82) is 0 Å². The van der Waals surface area contributed by atoms with Gasteiger partial charge in [0.1, 0.15) is 5.82 Å². The maximum Gasteiger partial charge on any atom is 0.224 e. The summed E-state index contributed by atoms with van der Waals surface area (Å²) in [5, 5.41) is 0. The van der Waals surface area contributed by atoms with E-state index in [9.17, 15) is 0 Å². The van der Waals surface area contributed by atoms with E-state index >= 15 is 0 Å². The van der Waals surface area contributed by atoms with Gasteiger partial charge in [-0.3, -0.25) is 0 Å². The number of nitrogens with zero attached hydrogens (tertiary/aromatic N) is 2. The second-order valence-corrected chi connectivity index (χ2v) is 4.35. The number of anilines is 1. The maximum absolute atomic E-state index is 5.56. The van der Waals surface area contributed by atoms with Crippen molar-refractivity contribution in [1.82, 2.24) is 15.0 Å². The lowest BCUT2D eigenvalue weighted by atomic mass is 10.1. The molecule has 0 bridgehead atoms. The normalized spacial score (nSPS) is 10.6. The highest BCUT2D eigenvalue weighted by atomic mass is 32.1. The number of nitrogens with one attached hydrogen (secondary N) is 1. The Labute approximate surface area is 102 Å². The third-order valence-electron chi connectivity index (χ3n) is 2.49. The van der Waals surface area contributed by atoms with Crippen LogP contribution < -0.4 is 5.73 Å². The summed E-state index contributed by atoms with van der Waals surface area (Å²) < 4.78 is 0.331. The molecule has 3 N–H and O–H groups in total. The van der Waals surface area contributed by atoms with Gasteiger partial charge in [-0.25, -0.2) is 4.98 Å². The zero-order valence-electron chi connectivity index (χ0n) is 9.83. The van der Waals surface area contributed by atoms with Crippen LogP contribution >= 0.6 is 12.2 Å². The summed E-state index contributed by atoms with van der Waals surface area (Å²) in [6, 6.07) is 0. The smallest absolute Gasteiger partial charge is 0.224 e. The summed E-state index contributed by atoms with van der Waals surface area (Å²) >= 11 is 4.90. The van der Waals surface area contributed by atoms with Crippen LogP contribution in [0.25, 0.3) is 0 Å². The quantitative estimate of drug-likeness (QED) is 0.568. The zero-order chi connectivity index (χ0) is 11.8. The van der Waals surface area contributed by atoms with Gasteiger partial charge in [0.15, 0.2) is 0 Å². The first kappa shape index (κ1) is 13.1. The maximum atomic E-state index is 5.56. The van der Waals surface area contributed by atoms with Crippen LogP contribution in [0.5, 0.6) is 0 Å². The highest BCUT2D eigenvalue weighted by molar-refractivity contribution is 7.71. The fourth-order valence-corrected chi connectivity index (χ4v) is 1.85. The fraction of sp³-hybridized carbons (Fsp3) is 0.727. The van der Waals surface area contributed by atoms with E-state index in [2.05, 4.69) is 21.9 Å². The van der Waals surface area contributed by atoms with Crippen molar-refractivity contribution in [2.45, 2.75) is 51.9 Å². The van der Waals surface area contributed by atoms with Crippen LogP contribution in [0.4, 0.5) is 5.95 Å². The molecule has 1 aromatic heterocycles. The zero-order valence-corrected chi connectivity index (χ0v) is 10.6. The first-order chi connectivity index (χ1) is 7.72. The average molecular weight is 240 g/mol. The number of aromatic amines is 1. The molecular weight excluding hydrogens is 220 g/mol. The molecule has 1 heterocycles. The van der Waals surface area contributed by atoms with Crippen molar-refractivity contribution in [2.75, 3.05) is 5.73 Å². The predicted molar refractivity (Wildman–Crippen MR) is 68.7 cm³/mol. The summed E-state index contributed by atoms with van der Waals surface area (Å²) in [6.07, 6.45) is 8.53. The molecule has 1 aromatic rings. The van der Waals surface area contributed by atoms with E-state index in [1.54, 1.807) is 0 Å². The van der Waals surface area contributed by atoms with E-state index in [1.807, 2.05) is 0 Å². The summed E-state index contributed by atoms with van der Waals surface area (Å²) in [6.45, 7) is 2.23. The van der Waals surface area contributed by atoms with Crippen molar-refractivity contribution >= 4 is 18.2 Å². The molecule has 4 nitrogen and oxygen atoms in total. The molecule has 16 heavy (non-hydrogen) atoms. The number of aryl methyl sites for hydroxylation is 1. The number of nitrogen functional groups attached to an aromatic ring is 1. The minimum Gasteiger partial charge on any atom is -0.369 e. The topological polar surface area (TPSA) is 67.6 Å². The Morgan fingerprint density at radius 3 is 2.50 bits per heavy atom. The first-order valence-corrected chi connectivity index (χ1v) is 6.36. The molecule has 90 valence electrons. The van der Waals surface area contributed by atoms with Gasteiger partial charge in [-0.1, -0.05) is 39.0 Å². The molecule has 0 aliphatic rings. The fourth-order valence-electron chi connectivity index (χ4n) is 1.64. The largest absolute Gasteiger partial charge is 0.369 e. The van der Waals surface area contributed by atoms with Crippen LogP contribution in [-0.2, 0) is 6.42 Å². The Bertz CT molecular complexity index is 361. The highest BCUT2D eigenvalue weighted by Crippen LogP contribution is 2.07. The van der Waals surface area contributed by atoms with Crippen molar-refractivity contribution in [3.05, 3.63) is 10.6 Å². The Kier molecular flexibility index (Phi) is 6.00. The molecule has 1 rings (SSSR count). The number of H-pyrrole nitrogens is 1. The second kappa shape index (κ2) is 7.33. The van der Waals surface area contributed by atoms with E-state index in [1.165, 1.54) is 32.1 Å². The molecule has 0 atom stereocenters. The lowest BCUT2D eigenvalue weighted by Crippen LogP contribution is -2.03. The van der Waals surface area contributed by atoms with E-state index < -0.39 is 0 Å². The number of nitrogens with two attached hydrogens (primary N) is 1. The third-order valence-corrected chi connectivity index (χ3v) is 2.67. The Morgan fingerprint density at radius 2 is 1.81 bits per heavy atom. The van der Waals surface area contributed by atoms with Crippen LogP contribution in [0.15, 0.2) is 0 Å². The van der Waals surface area contributed by atoms with Gasteiger partial charge in [0, 0.05) is 6.42 Å². The average Bonchev–Trinajstić information content (AvgIpc) is 2.22.